The first-order valence-corrected chi connectivity index (χ1v) is 18.9. The average molecular weight is 669 g/mol. The second kappa shape index (κ2) is 16.1. The normalized spacial score (nSPS) is 11.7. The molecule has 2 heterocycles. The summed E-state index contributed by atoms with van der Waals surface area (Å²) in [4.78, 5) is 4.68. The van der Waals surface area contributed by atoms with Crippen LogP contribution in [0.25, 0.3) is 46.1 Å². The fraction of sp³-hybridized carbons (Fsp3) is 0.190. The van der Waals surface area contributed by atoms with E-state index in [-0.39, 0.29) is 0 Å². The minimum atomic E-state index is 1.02. The summed E-state index contributed by atoms with van der Waals surface area (Å²) < 4.78 is 4.33. The number of hydrogen-bond donors (Lipinski definition) is 0. The van der Waals surface area contributed by atoms with Gasteiger partial charge in [0.1, 0.15) is 14.1 Å². The highest BCUT2D eigenvalue weighted by molar-refractivity contribution is 8.76. The third-order valence-electron chi connectivity index (χ3n) is 8.83. The Bertz CT molecular complexity index is 1890. The molecule has 0 bridgehead atoms. The summed E-state index contributed by atoms with van der Waals surface area (Å²) in [5.74, 6) is 2.17. The minimum Gasteiger partial charge on any atom is -0.374 e. The molecule has 4 nitrogen and oxygen atoms in total. The highest BCUT2D eigenvalue weighted by atomic mass is 33.1. The largest absolute Gasteiger partial charge is 0.374 e. The van der Waals surface area contributed by atoms with Gasteiger partial charge >= 0.3 is 0 Å². The van der Waals surface area contributed by atoms with E-state index >= 15 is 0 Å². The van der Waals surface area contributed by atoms with Crippen molar-refractivity contribution in [3.63, 3.8) is 0 Å². The molecule has 0 atom stereocenters. The second-order valence-electron chi connectivity index (χ2n) is 12.1. The van der Waals surface area contributed by atoms with Crippen molar-refractivity contribution in [1.29, 1.82) is 0 Å². The monoisotopic (exact) mass is 668 g/mol. The van der Waals surface area contributed by atoms with Crippen LogP contribution in [0.1, 0.15) is 22.3 Å². The maximum absolute atomic E-state index is 2.34. The predicted octanol–water partition coefficient (Wildman–Crippen LogP) is 8.94. The fourth-order valence-electron chi connectivity index (χ4n) is 5.84. The maximum Gasteiger partial charge on any atom is 0.212 e. The molecule has 6 aromatic rings. The number of aromatic nitrogens is 2. The predicted molar refractivity (Wildman–Crippen MR) is 212 cm³/mol. The van der Waals surface area contributed by atoms with Gasteiger partial charge in [-0.3, -0.25) is 0 Å². The molecule has 0 aliphatic rings. The summed E-state index contributed by atoms with van der Waals surface area (Å²) in [5, 5.41) is 2.53. The lowest BCUT2D eigenvalue weighted by Crippen LogP contribution is -2.28. The van der Waals surface area contributed by atoms with E-state index in [1.807, 2.05) is 21.6 Å². The Balaban J connectivity index is 0.913. The van der Waals surface area contributed by atoms with Gasteiger partial charge in [-0.1, -0.05) is 94.4 Å². The Hall–Kier alpha value is -4.52. The third-order valence-corrected chi connectivity index (χ3v) is 11.2. The SMILES string of the molecule is CN(CCSSCCN(C)c1ccc(/C=C/c2cc[n+](C)c3ccccc23)cc1)c1ccc(/C=C/c2cc[n+](C)c3ccccc23)cc1. The van der Waals surface area contributed by atoms with Crippen molar-refractivity contribution >= 4 is 79.1 Å². The zero-order chi connectivity index (χ0) is 33.3. The number of pyridine rings is 2. The van der Waals surface area contributed by atoms with Gasteiger partial charge in [-0.15, -0.1) is 0 Å². The molecule has 0 spiro atoms. The average Bonchev–Trinajstić information content (AvgIpc) is 3.13. The van der Waals surface area contributed by atoms with Crippen LogP contribution in [-0.2, 0) is 14.1 Å². The molecule has 0 radical (unpaired) electrons. The zero-order valence-electron chi connectivity index (χ0n) is 28.3. The Labute approximate surface area is 293 Å². The second-order valence-corrected chi connectivity index (χ2v) is 14.8. The summed E-state index contributed by atoms with van der Waals surface area (Å²) in [5.41, 5.74) is 9.86. The molecular formula is C42H44N4S2+2. The van der Waals surface area contributed by atoms with E-state index < -0.39 is 0 Å². The summed E-state index contributed by atoms with van der Waals surface area (Å²) in [7, 11) is 12.5. The molecule has 0 N–H and O–H groups in total. The van der Waals surface area contributed by atoms with E-state index in [0.29, 0.717) is 0 Å². The number of hydrogen-bond acceptors (Lipinski definition) is 4. The maximum atomic E-state index is 2.34. The number of nitrogens with zero attached hydrogens (tertiary/aromatic N) is 4. The van der Waals surface area contributed by atoms with Crippen LogP contribution in [0.3, 0.4) is 0 Å². The number of aryl methyl sites for hydroxylation is 2. The Morgan fingerprint density at radius 1 is 0.500 bits per heavy atom. The molecule has 242 valence electrons. The van der Waals surface area contributed by atoms with Crippen LogP contribution < -0.4 is 18.9 Å². The van der Waals surface area contributed by atoms with Gasteiger partial charge in [0.15, 0.2) is 12.4 Å². The van der Waals surface area contributed by atoms with Crippen LogP contribution in [0, 0.1) is 0 Å². The van der Waals surface area contributed by atoms with Gasteiger partial charge in [0.05, 0.1) is 10.8 Å². The Morgan fingerprint density at radius 2 is 0.896 bits per heavy atom. The third kappa shape index (κ3) is 8.30. The van der Waals surface area contributed by atoms with Gasteiger partial charge in [-0.25, -0.2) is 9.13 Å². The van der Waals surface area contributed by atoms with E-state index in [1.165, 1.54) is 55.4 Å². The summed E-state index contributed by atoms with van der Waals surface area (Å²) in [6.45, 7) is 2.03. The molecule has 2 aromatic heterocycles. The smallest absolute Gasteiger partial charge is 0.212 e. The van der Waals surface area contributed by atoms with Crippen LogP contribution in [0.4, 0.5) is 11.4 Å². The van der Waals surface area contributed by atoms with Crippen LogP contribution in [0.15, 0.2) is 122 Å². The molecule has 0 fully saturated rings. The summed E-state index contributed by atoms with van der Waals surface area (Å²) >= 11 is 0. The summed E-state index contributed by atoms with van der Waals surface area (Å²) in [6.07, 6.45) is 13.1. The number of benzene rings is 4. The van der Waals surface area contributed by atoms with E-state index in [9.17, 15) is 0 Å². The van der Waals surface area contributed by atoms with Crippen molar-refractivity contribution in [3.8, 4) is 0 Å². The lowest BCUT2D eigenvalue weighted by Gasteiger charge is -2.20. The highest BCUT2D eigenvalue weighted by Gasteiger charge is 2.08. The number of para-hydroxylation sites is 2. The van der Waals surface area contributed by atoms with Crippen LogP contribution in [-0.4, -0.2) is 38.7 Å². The lowest BCUT2D eigenvalue weighted by molar-refractivity contribution is -0.645. The molecular weight excluding hydrogens is 625 g/mol. The molecule has 0 saturated heterocycles. The zero-order valence-corrected chi connectivity index (χ0v) is 29.9. The Morgan fingerprint density at radius 3 is 1.31 bits per heavy atom. The van der Waals surface area contributed by atoms with Crippen molar-refractivity contribution in [2.24, 2.45) is 14.1 Å². The van der Waals surface area contributed by atoms with Crippen molar-refractivity contribution < 1.29 is 9.13 Å². The van der Waals surface area contributed by atoms with Gasteiger partial charge in [0.2, 0.25) is 11.0 Å². The highest BCUT2D eigenvalue weighted by Crippen LogP contribution is 2.25. The van der Waals surface area contributed by atoms with Gasteiger partial charge in [-0.05, 0) is 58.7 Å². The van der Waals surface area contributed by atoms with Crippen LogP contribution in [0.5, 0.6) is 0 Å². The first-order chi connectivity index (χ1) is 23.5. The quantitative estimate of drug-likeness (QED) is 0.0693. The van der Waals surface area contributed by atoms with Gasteiger partial charge < -0.3 is 9.80 Å². The minimum absolute atomic E-state index is 1.02. The number of fused-ring (bicyclic) bond motifs is 2. The molecule has 0 unspecified atom stereocenters. The van der Waals surface area contributed by atoms with Crippen molar-refractivity contribution in [2.45, 2.75) is 0 Å². The van der Waals surface area contributed by atoms with E-state index in [2.05, 4.69) is 193 Å². The van der Waals surface area contributed by atoms with Gasteiger partial charge in [-0.2, -0.15) is 0 Å². The topological polar surface area (TPSA) is 14.2 Å². The van der Waals surface area contributed by atoms with Crippen molar-refractivity contribution in [2.75, 3.05) is 48.5 Å². The number of rotatable bonds is 13. The Kier molecular flexibility index (Phi) is 11.2. The molecule has 6 heteroatoms. The van der Waals surface area contributed by atoms with E-state index in [1.54, 1.807) is 0 Å². The summed E-state index contributed by atoms with van der Waals surface area (Å²) in [6, 6.07) is 39.2. The molecule has 0 aliphatic carbocycles. The molecule has 48 heavy (non-hydrogen) atoms. The molecule has 0 aliphatic heterocycles. The van der Waals surface area contributed by atoms with Crippen LogP contribution in [0.2, 0.25) is 0 Å². The molecule has 4 aromatic carbocycles. The number of anilines is 2. The van der Waals surface area contributed by atoms with Gasteiger partial charge in [0, 0.05) is 74.3 Å². The van der Waals surface area contributed by atoms with Gasteiger partial charge in [0.25, 0.3) is 0 Å². The lowest BCUT2D eigenvalue weighted by atomic mass is 10.1. The molecule has 6 rings (SSSR count). The van der Waals surface area contributed by atoms with Crippen molar-refractivity contribution in [1.82, 2.24) is 0 Å². The molecule has 0 saturated carbocycles. The first kappa shape index (κ1) is 33.4. The molecule has 0 amide bonds. The standard InChI is InChI=1S/C42H44N4S2/c1-43(37-21-15-33(16-22-37)13-19-35-25-27-45(3)41-11-7-5-9-39(35)41)29-31-47-48-32-30-44(2)38-23-17-34(18-24-38)14-20-36-26-28-46(4)42-12-8-6-10-40(36)42/h5-28H,29-32H2,1-4H3/q+2. The van der Waals surface area contributed by atoms with Crippen molar-refractivity contribution in [3.05, 3.63) is 144 Å². The van der Waals surface area contributed by atoms with E-state index in [4.69, 9.17) is 0 Å². The first-order valence-electron chi connectivity index (χ1n) is 16.4. The van der Waals surface area contributed by atoms with E-state index in [0.717, 1.165) is 24.6 Å². The fourth-order valence-corrected chi connectivity index (χ4v) is 7.93. The van der Waals surface area contributed by atoms with Crippen LogP contribution >= 0.6 is 21.6 Å².